The quantitative estimate of drug-likeness (QED) is 0.429. The highest BCUT2D eigenvalue weighted by Crippen LogP contribution is 2.25. The molecule has 7 heteroatoms. The number of rotatable bonds is 11. The highest BCUT2D eigenvalue weighted by atomic mass is 16.5. The van der Waals surface area contributed by atoms with Gasteiger partial charge in [-0.3, -0.25) is 0 Å². The van der Waals surface area contributed by atoms with Gasteiger partial charge >= 0.3 is 6.09 Å². The van der Waals surface area contributed by atoms with Gasteiger partial charge < -0.3 is 23.9 Å². The van der Waals surface area contributed by atoms with Crippen LogP contribution in [0.25, 0.3) is 11.5 Å². The van der Waals surface area contributed by atoms with Gasteiger partial charge in [-0.2, -0.15) is 0 Å². The molecule has 0 fully saturated rings. The highest BCUT2D eigenvalue weighted by Gasteiger charge is 2.14. The lowest BCUT2D eigenvalue weighted by Gasteiger charge is -2.18. The summed E-state index contributed by atoms with van der Waals surface area (Å²) >= 11 is 0. The molecule has 1 unspecified atom stereocenters. The average molecular weight is 439 g/mol. The van der Waals surface area contributed by atoms with Crippen molar-refractivity contribution in [2.45, 2.75) is 39.9 Å². The van der Waals surface area contributed by atoms with Gasteiger partial charge in [0.25, 0.3) is 0 Å². The molecule has 0 bridgehead atoms. The number of nitrogens with one attached hydrogen (secondary N) is 1. The van der Waals surface area contributed by atoms with Crippen molar-refractivity contribution < 1.29 is 23.4 Å². The molecule has 1 N–H and O–H groups in total. The van der Waals surface area contributed by atoms with E-state index in [2.05, 4.69) is 10.3 Å². The number of alkyl carbamates (subject to hydrolysis) is 1. The van der Waals surface area contributed by atoms with Gasteiger partial charge in [-0.05, 0) is 57.0 Å². The van der Waals surface area contributed by atoms with Crippen molar-refractivity contribution in [1.82, 2.24) is 10.3 Å². The van der Waals surface area contributed by atoms with Crippen molar-refractivity contribution in [2.24, 2.45) is 0 Å². The zero-order chi connectivity index (χ0) is 22.8. The predicted molar refractivity (Wildman–Crippen MR) is 121 cm³/mol. The van der Waals surface area contributed by atoms with Crippen molar-refractivity contribution in [2.75, 3.05) is 19.8 Å². The Kier molecular flexibility index (Phi) is 8.69. The van der Waals surface area contributed by atoms with E-state index in [1.54, 1.807) is 6.92 Å². The number of ether oxygens (including phenoxy) is 3. The van der Waals surface area contributed by atoms with E-state index in [4.69, 9.17) is 18.6 Å². The molecule has 2 aromatic carbocycles. The largest absolute Gasteiger partial charge is 0.487 e. The Balaban J connectivity index is 1.56. The molecule has 0 spiro atoms. The monoisotopic (exact) mass is 438 g/mol. The first-order valence-corrected chi connectivity index (χ1v) is 10.9. The number of hydrogen-bond acceptors (Lipinski definition) is 6. The maximum atomic E-state index is 11.5. The molecule has 1 heterocycles. The van der Waals surface area contributed by atoms with E-state index in [9.17, 15) is 4.79 Å². The van der Waals surface area contributed by atoms with E-state index in [0.29, 0.717) is 38.7 Å². The number of oxazole rings is 1. The Bertz CT molecular complexity index is 970. The van der Waals surface area contributed by atoms with Crippen LogP contribution in [-0.2, 0) is 16.1 Å². The number of hydrogen-bond donors (Lipinski definition) is 1. The van der Waals surface area contributed by atoms with E-state index in [0.717, 1.165) is 28.3 Å². The van der Waals surface area contributed by atoms with Gasteiger partial charge in [-0.25, -0.2) is 9.78 Å². The summed E-state index contributed by atoms with van der Waals surface area (Å²) in [5.41, 5.74) is 2.73. The lowest BCUT2D eigenvalue weighted by Crippen LogP contribution is -2.26. The molecular formula is C25H30N2O5. The summed E-state index contributed by atoms with van der Waals surface area (Å²) < 4.78 is 22.4. The Morgan fingerprint density at radius 3 is 2.50 bits per heavy atom. The third kappa shape index (κ3) is 6.59. The van der Waals surface area contributed by atoms with Crippen LogP contribution in [0.15, 0.2) is 59.0 Å². The van der Waals surface area contributed by atoms with E-state index in [1.165, 1.54) is 0 Å². The second-order valence-corrected chi connectivity index (χ2v) is 7.13. The molecular weight excluding hydrogens is 408 g/mol. The van der Waals surface area contributed by atoms with Gasteiger partial charge in [-0.15, -0.1) is 0 Å². The maximum Gasteiger partial charge on any atom is 0.407 e. The number of aromatic nitrogens is 1. The maximum absolute atomic E-state index is 11.5. The summed E-state index contributed by atoms with van der Waals surface area (Å²) in [7, 11) is 0. The third-order valence-electron chi connectivity index (χ3n) is 4.86. The molecule has 3 aromatic rings. The highest BCUT2D eigenvalue weighted by molar-refractivity contribution is 5.66. The van der Waals surface area contributed by atoms with Crippen LogP contribution in [-0.4, -0.2) is 30.8 Å². The van der Waals surface area contributed by atoms with Gasteiger partial charge in [0.1, 0.15) is 23.8 Å². The Morgan fingerprint density at radius 2 is 1.81 bits per heavy atom. The molecule has 1 amide bonds. The molecule has 32 heavy (non-hydrogen) atoms. The van der Waals surface area contributed by atoms with Crippen LogP contribution in [0.5, 0.6) is 5.75 Å². The first kappa shape index (κ1) is 23.3. The standard InChI is InChI=1S/C25H30N2O5/c1-4-29-23(15-16-26-25(28)30-5-2)19-11-13-21(14-12-19)31-17-22-18(3)32-24(27-22)20-9-7-6-8-10-20/h6-14,23H,4-5,15-17H2,1-3H3,(H,26,28). The molecule has 0 radical (unpaired) electrons. The van der Waals surface area contributed by atoms with Crippen LogP contribution in [0.4, 0.5) is 4.79 Å². The van der Waals surface area contributed by atoms with Crippen LogP contribution >= 0.6 is 0 Å². The van der Waals surface area contributed by atoms with Crippen LogP contribution in [0.3, 0.4) is 0 Å². The number of nitrogens with zero attached hydrogens (tertiary/aromatic N) is 1. The van der Waals surface area contributed by atoms with Crippen molar-refractivity contribution in [3.05, 3.63) is 71.6 Å². The summed E-state index contributed by atoms with van der Waals surface area (Å²) in [5, 5.41) is 2.73. The predicted octanol–water partition coefficient (Wildman–Crippen LogP) is 5.44. The summed E-state index contributed by atoms with van der Waals surface area (Å²) in [6.07, 6.45) is 0.111. The molecule has 1 atom stereocenters. The minimum atomic E-state index is -0.412. The molecule has 0 saturated carbocycles. The molecule has 170 valence electrons. The first-order valence-electron chi connectivity index (χ1n) is 10.9. The van der Waals surface area contributed by atoms with E-state index < -0.39 is 6.09 Å². The number of carbonyl (C=O) groups is 1. The van der Waals surface area contributed by atoms with Crippen LogP contribution in [0.1, 0.15) is 43.4 Å². The van der Waals surface area contributed by atoms with Crippen molar-refractivity contribution in [3.8, 4) is 17.2 Å². The van der Waals surface area contributed by atoms with Crippen molar-refractivity contribution in [3.63, 3.8) is 0 Å². The number of carbonyl (C=O) groups excluding carboxylic acids is 1. The zero-order valence-corrected chi connectivity index (χ0v) is 18.8. The number of aryl methyl sites for hydroxylation is 1. The minimum absolute atomic E-state index is 0.123. The van der Waals surface area contributed by atoms with Gasteiger partial charge in [0, 0.05) is 18.7 Å². The van der Waals surface area contributed by atoms with Crippen molar-refractivity contribution in [1.29, 1.82) is 0 Å². The fourth-order valence-electron chi connectivity index (χ4n) is 3.23. The molecule has 0 aliphatic heterocycles. The Morgan fingerprint density at radius 1 is 1.06 bits per heavy atom. The van der Waals surface area contributed by atoms with E-state index >= 15 is 0 Å². The normalized spacial score (nSPS) is 11.7. The average Bonchev–Trinajstić information content (AvgIpc) is 3.19. The zero-order valence-electron chi connectivity index (χ0n) is 18.8. The summed E-state index contributed by atoms with van der Waals surface area (Å²) in [6, 6.07) is 17.6. The summed E-state index contributed by atoms with van der Waals surface area (Å²) in [6.45, 7) is 7.34. The molecule has 0 saturated heterocycles. The number of benzene rings is 2. The smallest absolute Gasteiger partial charge is 0.407 e. The molecule has 0 aliphatic carbocycles. The third-order valence-corrected chi connectivity index (χ3v) is 4.86. The van der Waals surface area contributed by atoms with Crippen LogP contribution in [0, 0.1) is 6.92 Å². The lowest BCUT2D eigenvalue weighted by atomic mass is 10.1. The Hall–Kier alpha value is -3.32. The van der Waals surface area contributed by atoms with Crippen LogP contribution < -0.4 is 10.1 Å². The van der Waals surface area contributed by atoms with Gasteiger partial charge in [0.2, 0.25) is 5.89 Å². The number of amides is 1. The van der Waals surface area contributed by atoms with Crippen molar-refractivity contribution >= 4 is 6.09 Å². The van der Waals surface area contributed by atoms with E-state index in [-0.39, 0.29) is 6.10 Å². The minimum Gasteiger partial charge on any atom is -0.487 e. The summed E-state index contributed by atoms with van der Waals surface area (Å²) in [4.78, 5) is 16.0. The van der Waals surface area contributed by atoms with Gasteiger partial charge in [0.05, 0.1) is 12.7 Å². The molecule has 1 aromatic heterocycles. The lowest BCUT2D eigenvalue weighted by molar-refractivity contribution is 0.0559. The molecule has 0 aliphatic rings. The fraction of sp³-hybridized carbons (Fsp3) is 0.360. The molecule has 3 rings (SSSR count). The van der Waals surface area contributed by atoms with Crippen LogP contribution in [0.2, 0.25) is 0 Å². The summed E-state index contributed by atoms with van der Waals surface area (Å²) in [5.74, 6) is 2.07. The SMILES string of the molecule is CCOC(=O)NCCC(OCC)c1ccc(OCc2nc(-c3ccccc3)oc2C)cc1. The first-order chi connectivity index (χ1) is 15.6. The van der Waals surface area contributed by atoms with E-state index in [1.807, 2.05) is 68.4 Å². The fourth-order valence-corrected chi connectivity index (χ4v) is 3.23. The van der Waals surface area contributed by atoms with Gasteiger partial charge in [0.15, 0.2) is 0 Å². The van der Waals surface area contributed by atoms with Gasteiger partial charge in [-0.1, -0.05) is 30.3 Å². The Labute approximate surface area is 188 Å². The second-order valence-electron chi connectivity index (χ2n) is 7.13. The molecule has 7 nitrogen and oxygen atoms in total. The second kappa shape index (κ2) is 11.9. The topological polar surface area (TPSA) is 82.8 Å².